The highest BCUT2D eigenvalue weighted by Crippen LogP contribution is 2.24. The van der Waals surface area contributed by atoms with Crippen LogP contribution in [-0.2, 0) is 0 Å². The molecule has 1 N–H and O–H groups in total. The highest BCUT2D eigenvalue weighted by atomic mass is 79.9. The van der Waals surface area contributed by atoms with Crippen LogP contribution in [0.3, 0.4) is 0 Å². The molecule has 0 bridgehead atoms. The molecule has 0 aliphatic heterocycles. The topological polar surface area (TPSA) is 12.0 Å². The minimum absolute atomic E-state index is 0.226. The van der Waals surface area contributed by atoms with Crippen molar-refractivity contribution in [3.05, 3.63) is 28.0 Å². The Hall–Kier alpha value is -1.01. The summed E-state index contributed by atoms with van der Waals surface area (Å²) in [5.41, 5.74) is 1.11. The van der Waals surface area contributed by atoms with Crippen molar-refractivity contribution in [2.45, 2.75) is 13.3 Å². The molecule has 1 aromatic rings. The molecular formula is C11H11BrFN. The Kier molecular flexibility index (Phi) is 3.97. The average Bonchev–Trinajstić information content (AvgIpc) is 2.18. The zero-order valence-corrected chi connectivity index (χ0v) is 9.49. The van der Waals surface area contributed by atoms with Gasteiger partial charge in [0.2, 0.25) is 0 Å². The van der Waals surface area contributed by atoms with Crippen LogP contribution in [0.15, 0.2) is 16.6 Å². The Bertz CT molecular complexity index is 368. The van der Waals surface area contributed by atoms with Crippen molar-refractivity contribution in [1.82, 2.24) is 0 Å². The van der Waals surface area contributed by atoms with Crippen LogP contribution < -0.4 is 5.32 Å². The van der Waals surface area contributed by atoms with Crippen molar-refractivity contribution in [2.24, 2.45) is 0 Å². The Morgan fingerprint density at radius 3 is 2.93 bits per heavy atom. The number of halogens is 2. The Labute approximate surface area is 91.8 Å². The third-order valence-corrected chi connectivity index (χ3v) is 2.76. The summed E-state index contributed by atoms with van der Waals surface area (Å²) < 4.78 is 14.3. The number of anilines is 1. The molecule has 14 heavy (non-hydrogen) atoms. The van der Waals surface area contributed by atoms with Gasteiger partial charge in [-0.05, 0) is 19.1 Å². The molecule has 74 valence electrons. The van der Waals surface area contributed by atoms with Crippen molar-refractivity contribution in [1.29, 1.82) is 0 Å². The van der Waals surface area contributed by atoms with E-state index in [4.69, 9.17) is 6.42 Å². The first-order valence-corrected chi connectivity index (χ1v) is 5.08. The van der Waals surface area contributed by atoms with Crippen LogP contribution in [0.1, 0.15) is 12.0 Å². The largest absolute Gasteiger partial charge is 0.382 e. The van der Waals surface area contributed by atoms with Gasteiger partial charge in [-0.3, -0.25) is 0 Å². The first kappa shape index (κ1) is 11.1. The summed E-state index contributed by atoms with van der Waals surface area (Å²) in [6, 6.07) is 3.51. The summed E-state index contributed by atoms with van der Waals surface area (Å²) in [7, 11) is 0. The van der Waals surface area contributed by atoms with Crippen LogP contribution in [0, 0.1) is 25.1 Å². The van der Waals surface area contributed by atoms with Gasteiger partial charge in [-0.1, -0.05) is 15.9 Å². The molecule has 0 aromatic heterocycles. The van der Waals surface area contributed by atoms with Crippen LogP contribution in [0.2, 0.25) is 0 Å². The lowest BCUT2D eigenvalue weighted by atomic mass is 10.2. The van der Waals surface area contributed by atoms with Crippen LogP contribution >= 0.6 is 15.9 Å². The summed E-state index contributed by atoms with van der Waals surface area (Å²) in [4.78, 5) is 0. The molecule has 3 heteroatoms. The second-order valence-corrected chi connectivity index (χ2v) is 3.77. The van der Waals surface area contributed by atoms with Gasteiger partial charge in [0, 0.05) is 23.0 Å². The molecule has 0 amide bonds. The van der Waals surface area contributed by atoms with Crippen molar-refractivity contribution >= 4 is 21.6 Å². The van der Waals surface area contributed by atoms with E-state index in [0.717, 1.165) is 4.47 Å². The molecule has 0 fully saturated rings. The van der Waals surface area contributed by atoms with Crippen molar-refractivity contribution in [2.75, 3.05) is 11.9 Å². The number of hydrogen-bond acceptors (Lipinski definition) is 1. The zero-order chi connectivity index (χ0) is 10.6. The van der Waals surface area contributed by atoms with Gasteiger partial charge in [-0.2, -0.15) is 0 Å². The number of benzene rings is 1. The molecule has 0 radical (unpaired) electrons. The van der Waals surface area contributed by atoms with E-state index < -0.39 is 0 Å². The van der Waals surface area contributed by atoms with Crippen molar-refractivity contribution < 1.29 is 4.39 Å². The third kappa shape index (κ3) is 2.49. The van der Waals surface area contributed by atoms with Gasteiger partial charge in [0.1, 0.15) is 5.82 Å². The van der Waals surface area contributed by atoms with Crippen LogP contribution in [0.25, 0.3) is 0 Å². The van der Waals surface area contributed by atoms with Gasteiger partial charge in [-0.25, -0.2) is 4.39 Å². The quantitative estimate of drug-likeness (QED) is 0.646. The fourth-order valence-electron chi connectivity index (χ4n) is 1.07. The van der Waals surface area contributed by atoms with Gasteiger partial charge in [0.05, 0.1) is 5.69 Å². The molecule has 0 spiro atoms. The van der Waals surface area contributed by atoms with E-state index >= 15 is 0 Å². The summed E-state index contributed by atoms with van der Waals surface area (Å²) in [6.45, 7) is 2.32. The van der Waals surface area contributed by atoms with Gasteiger partial charge >= 0.3 is 0 Å². The zero-order valence-electron chi connectivity index (χ0n) is 7.90. The Morgan fingerprint density at radius 2 is 2.29 bits per heavy atom. The second kappa shape index (κ2) is 5.02. The van der Waals surface area contributed by atoms with E-state index in [0.29, 0.717) is 24.2 Å². The van der Waals surface area contributed by atoms with Gasteiger partial charge in [0.15, 0.2) is 0 Å². The lowest BCUT2D eigenvalue weighted by Crippen LogP contribution is -2.03. The number of rotatable bonds is 3. The minimum atomic E-state index is -0.226. The normalized spacial score (nSPS) is 9.57. The molecule has 1 aromatic carbocycles. The molecule has 0 heterocycles. The first-order valence-electron chi connectivity index (χ1n) is 4.28. The lowest BCUT2D eigenvalue weighted by molar-refractivity contribution is 0.620. The van der Waals surface area contributed by atoms with Gasteiger partial charge < -0.3 is 5.32 Å². The van der Waals surface area contributed by atoms with Crippen LogP contribution in [-0.4, -0.2) is 6.54 Å². The molecule has 1 rings (SSSR count). The third-order valence-electron chi connectivity index (χ3n) is 1.91. The monoisotopic (exact) mass is 255 g/mol. The van der Waals surface area contributed by atoms with E-state index in [1.165, 1.54) is 0 Å². The van der Waals surface area contributed by atoms with E-state index in [1.807, 2.05) is 6.07 Å². The highest BCUT2D eigenvalue weighted by molar-refractivity contribution is 9.10. The molecule has 0 saturated carbocycles. The molecule has 1 nitrogen and oxygen atoms in total. The SMILES string of the molecule is C#CCCNc1ccc(Br)c(C)c1F. The Morgan fingerprint density at radius 1 is 1.57 bits per heavy atom. The van der Waals surface area contributed by atoms with E-state index in [2.05, 4.69) is 27.2 Å². The Balaban J connectivity index is 2.79. The number of terminal acetylenes is 1. The van der Waals surface area contributed by atoms with E-state index in [9.17, 15) is 4.39 Å². The van der Waals surface area contributed by atoms with Gasteiger partial charge in [0.25, 0.3) is 0 Å². The summed E-state index contributed by atoms with van der Waals surface area (Å²) in [5.74, 6) is 2.26. The summed E-state index contributed by atoms with van der Waals surface area (Å²) in [6.07, 6.45) is 5.69. The second-order valence-electron chi connectivity index (χ2n) is 2.91. The molecule has 0 atom stereocenters. The van der Waals surface area contributed by atoms with Crippen LogP contribution in [0.4, 0.5) is 10.1 Å². The highest BCUT2D eigenvalue weighted by Gasteiger charge is 2.06. The lowest BCUT2D eigenvalue weighted by Gasteiger charge is -2.08. The minimum Gasteiger partial charge on any atom is -0.382 e. The van der Waals surface area contributed by atoms with Crippen molar-refractivity contribution in [3.63, 3.8) is 0 Å². The predicted octanol–water partition coefficient (Wildman–Crippen LogP) is 3.33. The number of nitrogens with one attached hydrogen (secondary N) is 1. The number of hydrogen-bond donors (Lipinski definition) is 1. The smallest absolute Gasteiger partial charge is 0.150 e. The first-order chi connectivity index (χ1) is 6.66. The molecular weight excluding hydrogens is 245 g/mol. The van der Waals surface area contributed by atoms with Crippen molar-refractivity contribution in [3.8, 4) is 12.3 Å². The maximum atomic E-state index is 13.5. The maximum absolute atomic E-state index is 13.5. The van der Waals surface area contributed by atoms with Crippen LogP contribution in [0.5, 0.6) is 0 Å². The standard InChI is InChI=1S/C11H11BrFN/c1-3-4-7-14-10-6-5-9(12)8(2)11(10)13/h1,5-6,14H,4,7H2,2H3. The predicted molar refractivity (Wildman–Crippen MR) is 60.8 cm³/mol. The molecule has 0 unspecified atom stereocenters. The van der Waals surface area contributed by atoms with Gasteiger partial charge in [-0.15, -0.1) is 12.3 Å². The fourth-order valence-corrected chi connectivity index (χ4v) is 1.37. The summed E-state index contributed by atoms with van der Waals surface area (Å²) >= 11 is 3.26. The fraction of sp³-hybridized carbons (Fsp3) is 0.273. The maximum Gasteiger partial charge on any atom is 0.150 e. The molecule has 0 aliphatic rings. The summed E-state index contributed by atoms with van der Waals surface area (Å²) in [5, 5.41) is 2.94. The molecule has 0 aliphatic carbocycles. The van der Waals surface area contributed by atoms with E-state index in [-0.39, 0.29) is 5.82 Å². The average molecular weight is 256 g/mol. The van der Waals surface area contributed by atoms with E-state index in [1.54, 1.807) is 13.0 Å². The molecule has 0 saturated heterocycles.